The first-order chi connectivity index (χ1) is 4.69. The molecule has 1 unspecified atom stereocenters. The Balaban J connectivity index is 2.95. The number of nitrogens with zero attached hydrogens (tertiary/aromatic N) is 1. The molecular formula is C7H7BrN2. The SMILES string of the molecule is CC1(C#N)NC=CC=C1Br. The standard InChI is InChI=1S/C7H7BrN2/c1-7(5-9)6(8)3-2-4-10-7/h2-4,10H,1H3. The Labute approximate surface area is 68.4 Å². The summed E-state index contributed by atoms with van der Waals surface area (Å²) in [6.45, 7) is 1.82. The van der Waals surface area contributed by atoms with E-state index in [1.807, 2.05) is 19.1 Å². The predicted octanol–water partition coefficient (Wildman–Crippen LogP) is 1.66. The van der Waals surface area contributed by atoms with Gasteiger partial charge in [0.2, 0.25) is 0 Å². The van der Waals surface area contributed by atoms with Crippen molar-refractivity contribution in [3.63, 3.8) is 0 Å². The molecule has 1 N–H and O–H groups in total. The van der Waals surface area contributed by atoms with E-state index in [0.717, 1.165) is 4.48 Å². The lowest BCUT2D eigenvalue weighted by Crippen LogP contribution is -2.38. The van der Waals surface area contributed by atoms with Gasteiger partial charge in [0, 0.05) is 4.48 Å². The summed E-state index contributed by atoms with van der Waals surface area (Å²) < 4.78 is 0.866. The van der Waals surface area contributed by atoms with Crippen molar-refractivity contribution < 1.29 is 0 Å². The van der Waals surface area contributed by atoms with E-state index in [-0.39, 0.29) is 0 Å². The van der Waals surface area contributed by atoms with Crippen molar-refractivity contribution >= 4 is 15.9 Å². The lowest BCUT2D eigenvalue weighted by molar-refractivity contribution is 0.618. The van der Waals surface area contributed by atoms with Gasteiger partial charge in [-0.3, -0.25) is 0 Å². The number of rotatable bonds is 0. The third-order valence-electron chi connectivity index (χ3n) is 1.41. The number of dihydropyridines is 1. The van der Waals surface area contributed by atoms with Crippen LogP contribution in [0.4, 0.5) is 0 Å². The smallest absolute Gasteiger partial charge is 0.154 e. The highest BCUT2D eigenvalue weighted by molar-refractivity contribution is 9.11. The maximum Gasteiger partial charge on any atom is 0.154 e. The fourth-order valence-electron chi connectivity index (χ4n) is 0.669. The van der Waals surface area contributed by atoms with E-state index >= 15 is 0 Å². The molecule has 0 aliphatic carbocycles. The van der Waals surface area contributed by atoms with E-state index in [4.69, 9.17) is 5.26 Å². The molecule has 1 aliphatic heterocycles. The van der Waals surface area contributed by atoms with Crippen LogP contribution < -0.4 is 5.32 Å². The molecular weight excluding hydrogens is 192 g/mol. The topological polar surface area (TPSA) is 35.8 Å². The highest BCUT2D eigenvalue weighted by Crippen LogP contribution is 2.23. The van der Waals surface area contributed by atoms with Crippen LogP contribution in [0, 0.1) is 11.3 Å². The highest BCUT2D eigenvalue weighted by Gasteiger charge is 2.26. The van der Waals surface area contributed by atoms with Gasteiger partial charge >= 0.3 is 0 Å². The molecule has 1 aliphatic rings. The third-order valence-corrected chi connectivity index (χ3v) is 2.47. The summed E-state index contributed by atoms with van der Waals surface area (Å²) in [7, 11) is 0. The van der Waals surface area contributed by atoms with E-state index in [9.17, 15) is 0 Å². The number of nitriles is 1. The number of nitrogens with one attached hydrogen (secondary N) is 1. The van der Waals surface area contributed by atoms with Gasteiger partial charge in [0.05, 0.1) is 6.07 Å². The fourth-order valence-corrected chi connectivity index (χ4v) is 1.02. The molecule has 0 aromatic carbocycles. The van der Waals surface area contributed by atoms with E-state index in [1.54, 1.807) is 6.20 Å². The monoisotopic (exact) mass is 198 g/mol. The van der Waals surface area contributed by atoms with E-state index in [2.05, 4.69) is 27.3 Å². The normalized spacial score (nSPS) is 30.3. The predicted molar refractivity (Wildman–Crippen MR) is 43.3 cm³/mol. The van der Waals surface area contributed by atoms with Gasteiger partial charge in [-0.2, -0.15) is 5.26 Å². The van der Waals surface area contributed by atoms with Crippen LogP contribution in [0.25, 0.3) is 0 Å². The summed E-state index contributed by atoms with van der Waals surface area (Å²) in [5.41, 5.74) is -0.575. The second-order valence-electron chi connectivity index (χ2n) is 2.25. The summed E-state index contributed by atoms with van der Waals surface area (Å²) in [5.74, 6) is 0. The van der Waals surface area contributed by atoms with Gasteiger partial charge in [-0.05, 0) is 25.3 Å². The lowest BCUT2D eigenvalue weighted by Gasteiger charge is -2.23. The summed E-state index contributed by atoms with van der Waals surface area (Å²) in [5, 5.41) is 11.6. The van der Waals surface area contributed by atoms with E-state index < -0.39 is 5.54 Å². The van der Waals surface area contributed by atoms with Crippen molar-refractivity contribution in [2.75, 3.05) is 0 Å². The molecule has 0 saturated heterocycles. The first kappa shape index (κ1) is 7.36. The summed E-state index contributed by atoms with van der Waals surface area (Å²) in [6, 6.07) is 2.15. The van der Waals surface area contributed by atoms with Crippen molar-refractivity contribution in [1.29, 1.82) is 5.26 Å². The number of allylic oxidation sites excluding steroid dienone is 2. The van der Waals surface area contributed by atoms with Gasteiger partial charge in [-0.25, -0.2) is 0 Å². The van der Waals surface area contributed by atoms with Gasteiger partial charge in [-0.1, -0.05) is 15.9 Å². The Morgan fingerprint density at radius 2 is 2.50 bits per heavy atom. The van der Waals surface area contributed by atoms with Crippen LogP contribution in [0.2, 0.25) is 0 Å². The third kappa shape index (κ3) is 1.07. The first-order valence-corrected chi connectivity index (χ1v) is 3.70. The fraction of sp³-hybridized carbons (Fsp3) is 0.286. The number of hydrogen-bond acceptors (Lipinski definition) is 2. The molecule has 52 valence electrons. The van der Waals surface area contributed by atoms with Crippen LogP contribution in [0.15, 0.2) is 22.8 Å². The minimum atomic E-state index is -0.575. The minimum absolute atomic E-state index is 0.575. The van der Waals surface area contributed by atoms with Crippen LogP contribution in [-0.2, 0) is 0 Å². The molecule has 0 amide bonds. The number of halogens is 1. The number of hydrogen-bond donors (Lipinski definition) is 1. The molecule has 0 bridgehead atoms. The van der Waals surface area contributed by atoms with Crippen LogP contribution in [0.1, 0.15) is 6.92 Å². The second-order valence-corrected chi connectivity index (χ2v) is 3.11. The van der Waals surface area contributed by atoms with Crippen LogP contribution >= 0.6 is 15.9 Å². The van der Waals surface area contributed by atoms with Gasteiger partial charge in [0.25, 0.3) is 0 Å². The van der Waals surface area contributed by atoms with Crippen molar-refractivity contribution in [3.05, 3.63) is 22.8 Å². The quantitative estimate of drug-likeness (QED) is 0.643. The first-order valence-electron chi connectivity index (χ1n) is 2.91. The van der Waals surface area contributed by atoms with E-state index in [1.165, 1.54) is 0 Å². The highest BCUT2D eigenvalue weighted by atomic mass is 79.9. The zero-order valence-electron chi connectivity index (χ0n) is 5.56. The molecule has 1 rings (SSSR count). The Kier molecular flexibility index (Phi) is 1.82. The molecule has 0 fully saturated rings. The average molecular weight is 199 g/mol. The Morgan fingerprint density at radius 3 is 2.90 bits per heavy atom. The van der Waals surface area contributed by atoms with Crippen molar-refractivity contribution in [3.8, 4) is 6.07 Å². The van der Waals surface area contributed by atoms with Crippen LogP contribution in [0.5, 0.6) is 0 Å². The lowest BCUT2D eigenvalue weighted by atomic mass is 10.0. The zero-order valence-corrected chi connectivity index (χ0v) is 7.14. The van der Waals surface area contributed by atoms with Crippen molar-refractivity contribution in [2.45, 2.75) is 12.5 Å². The molecule has 0 aromatic rings. The summed E-state index contributed by atoms with van der Waals surface area (Å²) in [4.78, 5) is 0. The molecule has 0 aromatic heterocycles. The van der Waals surface area contributed by atoms with E-state index in [0.29, 0.717) is 0 Å². The Morgan fingerprint density at radius 1 is 1.80 bits per heavy atom. The van der Waals surface area contributed by atoms with Gasteiger partial charge in [-0.15, -0.1) is 0 Å². The van der Waals surface area contributed by atoms with Crippen molar-refractivity contribution in [2.24, 2.45) is 0 Å². The zero-order chi connectivity index (χ0) is 7.61. The molecule has 0 spiro atoms. The second kappa shape index (κ2) is 2.47. The van der Waals surface area contributed by atoms with Crippen molar-refractivity contribution in [1.82, 2.24) is 5.32 Å². The van der Waals surface area contributed by atoms with Crippen LogP contribution in [0.3, 0.4) is 0 Å². The minimum Gasteiger partial charge on any atom is -0.370 e. The summed E-state index contributed by atoms with van der Waals surface area (Å²) in [6.07, 6.45) is 5.47. The largest absolute Gasteiger partial charge is 0.370 e. The Hall–Kier alpha value is -0.750. The average Bonchev–Trinajstić information content (AvgIpc) is 1.96. The Bertz CT molecular complexity index is 236. The molecule has 1 heterocycles. The van der Waals surface area contributed by atoms with Gasteiger partial charge in [0.1, 0.15) is 0 Å². The van der Waals surface area contributed by atoms with Crippen LogP contribution in [-0.4, -0.2) is 5.54 Å². The molecule has 0 radical (unpaired) electrons. The molecule has 2 nitrogen and oxygen atoms in total. The maximum absolute atomic E-state index is 8.70. The molecule has 0 saturated carbocycles. The van der Waals surface area contributed by atoms with Gasteiger partial charge in [0.15, 0.2) is 5.54 Å². The molecule has 10 heavy (non-hydrogen) atoms. The van der Waals surface area contributed by atoms with Gasteiger partial charge < -0.3 is 5.32 Å². The summed E-state index contributed by atoms with van der Waals surface area (Å²) >= 11 is 3.30. The molecule has 1 atom stereocenters. The maximum atomic E-state index is 8.70. The molecule has 3 heteroatoms.